The first-order valence-electron chi connectivity index (χ1n) is 9.71. The second-order valence-corrected chi connectivity index (χ2v) is 12.6. The Labute approximate surface area is 181 Å². The molecule has 0 aromatic heterocycles. The second kappa shape index (κ2) is 8.72. The quantitative estimate of drug-likeness (QED) is 0.376. The van der Waals surface area contributed by atoms with Crippen LogP contribution in [0.4, 0.5) is 0 Å². The van der Waals surface area contributed by atoms with Crippen LogP contribution in [0.2, 0.25) is 0 Å². The molecule has 2 aromatic carbocycles. The number of hydrogen-bond donors (Lipinski definition) is 0. The van der Waals surface area contributed by atoms with Gasteiger partial charge in [-0.1, -0.05) is 24.3 Å². The third kappa shape index (κ3) is 4.90. The van der Waals surface area contributed by atoms with E-state index in [0.29, 0.717) is 22.6 Å². The summed E-state index contributed by atoms with van der Waals surface area (Å²) in [7, 11) is -2.31. The fraction of sp³-hybridized carbons (Fsp3) is 0.364. The summed E-state index contributed by atoms with van der Waals surface area (Å²) in [5, 5.41) is 0. The molecule has 1 aliphatic rings. The number of carbonyl (C=O) groups excluding carboxylic acids is 2. The van der Waals surface area contributed by atoms with Gasteiger partial charge in [0.25, 0.3) is 16.9 Å². The highest BCUT2D eigenvalue weighted by atomic mass is 31.3. The Balaban J connectivity index is 1.94. The van der Waals surface area contributed by atoms with E-state index in [1.54, 1.807) is 24.3 Å². The normalized spacial score (nSPS) is 20.3. The Morgan fingerprint density at radius 2 is 1.07 bits per heavy atom. The summed E-state index contributed by atoms with van der Waals surface area (Å²) in [5.41, 5.74) is 0.751. The Morgan fingerprint density at radius 1 is 0.700 bits per heavy atom. The molecular weight excluding hydrogens is 418 g/mol. The summed E-state index contributed by atoms with van der Waals surface area (Å²) in [5.74, 6) is 1.32. The molecule has 0 bridgehead atoms. The number of rotatable bonds is 6. The first kappa shape index (κ1) is 22.8. The van der Waals surface area contributed by atoms with Gasteiger partial charge in [-0.05, 0) is 65.8 Å². The first-order chi connectivity index (χ1) is 14.0. The summed E-state index contributed by atoms with van der Waals surface area (Å²) >= 11 is 0. The van der Waals surface area contributed by atoms with Crippen LogP contribution in [-0.2, 0) is 0 Å². The second-order valence-electron chi connectivity index (χ2n) is 8.99. The fourth-order valence-electron chi connectivity index (χ4n) is 2.92. The molecule has 1 heterocycles. The topological polar surface area (TPSA) is 59.1 Å². The van der Waals surface area contributed by atoms with Crippen molar-refractivity contribution in [1.29, 1.82) is 0 Å². The summed E-state index contributed by atoms with van der Waals surface area (Å²) in [6.45, 7) is 12.8. The van der Waals surface area contributed by atoms with Gasteiger partial charge in [-0.3, -0.25) is 9.59 Å². The Kier molecular flexibility index (Phi) is 6.64. The largest absolute Gasteiger partial charge is 0.444 e. The lowest BCUT2D eigenvalue weighted by atomic mass is 10.1. The molecule has 0 saturated carbocycles. The van der Waals surface area contributed by atoms with Crippen molar-refractivity contribution in [2.75, 3.05) is 0 Å². The molecule has 0 aliphatic carbocycles. The molecule has 8 heteroatoms. The monoisotopic (exact) mass is 446 g/mol. The fourth-order valence-corrected chi connectivity index (χ4v) is 8.13. The van der Waals surface area contributed by atoms with E-state index < -0.39 is 16.9 Å². The predicted molar refractivity (Wildman–Crippen MR) is 122 cm³/mol. The molecule has 0 atom stereocenters. The summed E-state index contributed by atoms with van der Waals surface area (Å²) in [4.78, 5) is 22.3. The maximum absolute atomic E-state index is 11.2. The van der Waals surface area contributed by atoms with Crippen LogP contribution in [0.25, 0.3) is 0 Å². The van der Waals surface area contributed by atoms with Crippen molar-refractivity contribution >= 4 is 29.5 Å². The van der Waals surface area contributed by atoms with Crippen molar-refractivity contribution in [3.8, 4) is 11.5 Å². The van der Waals surface area contributed by atoms with Crippen molar-refractivity contribution in [3.63, 3.8) is 0 Å². The minimum Gasteiger partial charge on any atom is -0.444 e. The maximum atomic E-state index is 11.2. The molecule has 1 saturated heterocycles. The summed E-state index contributed by atoms with van der Waals surface area (Å²) < 4.78 is 17.4. The van der Waals surface area contributed by atoms with Crippen LogP contribution in [0.1, 0.15) is 62.3 Å². The molecule has 6 nitrogen and oxygen atoms in total. The minimum atomic E-state index is -1.16. The average Bonchev–Trinajstić information content (AvgIpc) is 2.64. The standard InChI is InChI=1S/C22H28N2O4P2/c1-21(2,3)23-29(27-19-11-7-9-17(13-19)15-25)24(22(4,5)6)30(23)28-20-12-8-10-18(14-20)16-26/h7-16H,1-6H3. The number of hydrogen-bond acceptors (Lipinski definition) is 6. The van der Waals surface area contributed by atoms with E-state index in [-0.39, 0.29) is 11.1 Å². The van der Waals surface area contributed by atoms with Crippen molar-refractivity contribution in [2.45, 2.75) is 52.6 Å². The number of carbonyl (C=O) groups is 2. The van der Waals surface area contributed by atoms with E-state index >= 15 is 0 Å². The van der Waals surface area contributed by atoms with E-state index in [0.717, 1.165) is 12.6 Å². The molecule has 1 aliphatic heterocycles. The number of nitrogens with zero attached hydrogens (tertiary/aromatic N) is 2. The van der Waals surface area contributed by atoms with Crippen LogP contribution < -0.4 is 9.05 Å². The van der Waals surface area contributed by atoms with Gasteiger partial charge in [0.1, 0.15) is 24.1 Å². The molecule has 1 fully saturated rings. The zero-order chi connectivity index (χ0) is 22.1. The van der Waals surface area contributed by atoms with Crippen molar-refractivity contribution in [2.24, 2.45) is 0 Å². The van der Waals surface area contributed by atoms with E-state index in [9.17, 15) is 9.59 Å². The van der Waals surface area contributed by atoms with E-state index in [4.69, 9.17) is 9.05 Å². The highest BCUT2D eigenvalue weighted by Crippen LogP contribution is 2.80. The molecule has 0 radical (unpaired) electrons. The Morgan fingerprint density at radius 3 is 1.37 bits per heavy atom. The van der Waals surface area contributed by atoms with Gasteiger partial charge < -0.3 is 9.05 Å². The molecule has 3 rings (SSSR count). The molecule has 0 amide bonds. The van der Waals surface area contributed by atoms with Crippen LogP contribution >= 0.6 is 16.9 Å². The van der Waals surface area contributed by atoms with Crippen LogP contribution in [0.15, 0.2) is 48.5 Å². The lowest BCUT2D eigenvalue weighted by molar-refractivity contribution is 0.111. The molecule has 0 N–H and O–H groups in total. The molecule has 160 valence electrons. The third-order valence-corrected chi connectivity index (χ3v) is 10.5. The molecular formula is C22H28N2O4P2. The SMILES string of the molecule is CC(C)(C)N1P(Oc2cccc(C=O)c2)N(C(C)(C)C)P1Oc1cccc(C=O)c1. The molecule has 2 aromatic rings. The zero-order valence-corrected chi connectivity index (χ0v) is 20.0. The van der Waals surface area contributed by atoms with Crippen molar-refractivity contribution < 1.29 is 18.6 Å². The predicted octanol–water partition coefficient (Wildman–Crippen LogP) is 6.44. The zero-order valence-electron chi connectivity index (χ0n) is 18.2. The molecule has 30 heavy (non-hydrogen) atoms. The number of aldehydes is 2. The van der Waals surface area contributed by atoms with Crippen LogP contribution in [-0.4, -0.2) is 32.5 Å². The van der Waals surface area contributed by atoms with Gasteiger partial charge >= 0.3 is 0 Å². The van der Waals surface area contributed by atoms with Crippen LogP contribution in [0, 0.1) is 0 Å². The average molecular weight is 446 g/mol. The number of benzene rings is 2. The molecule has 0 unspecified atom stereocenters. The van der Waals surface area contributed by atoms with E-state index in [2.05, 4.69) is 50.4 Å². The summed E-state index contributed by atoms with van der Waals surface area (Å²) in [6.07, 6.45) is 1.64. The van der Waals surface area contributed by atoms with Crippen molar-refractivity contribution in [3.05, 3.63) is 59.7 Å². The third-order valence-electron chi connectivity index (χ3n) is 4.21. The Bertz CT molecular complexity index is 840. The highest BCUT2D eigenvalue weighted by Gasteiger charge is 2.61. The molecule has 0 spiro atoms. The van der Waals surface area contributed by atoms with Crippen molar-refractivity contribution in [1.82, 2.24) is 8.88 Å². The van der Waals surface area contributed by atoms with Gasteiger partial charge in [0.05, 0.1) is 0 Å². The Hall–Kier alpha value is -1.84. The van der Waals surface area contributed by atoms with E-state index in [1.807, 2.05) is 24.3 Å². The van der Waals surface area contributed by atoms with Gasteiger partial charge in [-0.15, -0.1) is 0 Å². The van der Waals surface area contributed by atoms with Gasteiger partial charge in [-0.2, -0.15) is 8.88 Å². The first-order valence-corrected chi connectivity index (χ1v) is 12.0. The van der Waals surface area contributed by atoms with E-state index in [1.165, 1.54) is 0 Å². The van der Waals surface area contributed by atoms with Crippen LogP contribution in [0.3, 0.4) is 0 Å². The lowest BCUT2D eigenvalue weighted by Crippen LogP contribution is -2.54. The summed E-state index contributed by atoms with van der Waals surface area (Å²) in [6, 6.07) is 14.4. The minimum absolute atomic E-state index is 0.205. The van der Waals surface area contributed by atoms with Gasteiger partial charge in [0.2, 0.25) is 0 Å². The maximum Gasteiger partial charge on any atom is 0.264 e. The van der Waals surface area contributed by atoms with Gasteiger partial charge in [-0.25, -0.2) is 0 Å². The smallest absolute Gasteiger partial charge is 0.264 e. The van der Waals surface area contributed by atoms with Gasteiger partial charge in [0.15, 0.2) is 0 Å². The van der Waals surface area contributed by atoms with Gasteiger partial charge in [0, 0.05) is 22.2 Å². The highest BCUT2D eigenvalue weighted by molar-refractivity contribution is 7.78. The van der Waals surface area contributed by atoms with Crippen LogP contribution in [0.5, 0.6) is 11.5 Å². The lowest BCUT2D eigenvalue weighted by Gasteiger charge is -2.60.